The summed E-state index contributed by atoms with van der Waals surface area (Å²) in [6.45, 7) is 2.78. The van der Waals surface area contributed by atoms with Gasteiger partial charge in [0.1, 0.15) is 5.60 Å². The van der Waals surface area contributed by atoms with Crippen molar-refractivity contribution in [2.45, 2.75) is 31.0 Å². The first kappa shape index (κ1) is 10.9. The smallest absolute Gasteiger partial charge is 0.115 e. The van der Waals surface area contributed by atoms with Gasteiger partial charge in [0.15, 0.2) is 0 Å². The molecular formula is C10H17BrO3. The van der Waals surface area contributed by atoms with Crippen LogP contribution < -0.4 is 0 Å². The molecular weight excluding hydrogens is 248 g/mol. The molecule has 2 rings (SSSR count). The molecule has 2 aliphatic heterocycles. The van der Waals surface area contributed by atoms with Crippen molar-refractivity contribution in [2.75, 3.05) is 31.8 Å². The van der Waals surface area contributed by atoms with Gasteiger partial charge in [-0.05, 0) is 19.3 Å². The zero-order chi connectivity index (χ0) is 9.86. The quantitative estimate of drug-likeness (QED) is 0.676. The van der Waals surface area contributed by atoms with Gasteiger partial charge >= 0.3 is 0 Å². The second kappa shape index (κ2) is 4.92. The van der Waals surface area contributed by atoms with E-state index in [1.165, 1.54) is 6.42 Å². The van der Waals surface area contributed by atoms with Gasteiger partial charge in [-0.1, -0.05) is 15.9 Å². The molecule has 2 saturated heterocycles. The van der Waals surface area contributed by atoms with E-state index >= 15 is 0 Å². The highest BCUT2D eigenvalue weighted by Gasteiger charge is 2.38. The summed E-state index contributed by atoms with van der Waals surface area (Å²) >= 11 is 3.47. The Kier molecular flexibility index (Phi) is 3.82. The van der Waals surface area contributed by atoms with Gasteiger partial charge in [-0.15, -0.1) is 0 Å². The molecule has 2 fully saturated rings. The summed E-state index contributed by atoms with van der Waals surface area (Å²) in [5.74, 6) is 0. The third-order valence-electron chi connectivity index (χ3n) is 2.85. The predicted octanol–water partition coefficient (Wildman–Crippen LogP) is 1.74. The molecule has 1 atom stereocenters. The van der Waals surface area contributed by atoms with Crippen molar-refractivity contribution in [1.82, 2.24) is 0 Å². The van der Waals surface area contributed by atoms with Crippen LogP contribution in [0.25, 0.3) is 0 Å². The summed E-state index contributed by atoms with van der Waals surface area (Å²) in [7, 11) is 0. The van der Waals surface area contributed by atoms with Crippen LogP contribution in [0.3, 0.4) is 0 Å². The highest BCUT2D eigenvalue weighted by molar-refractivity contribution is 9.09. The molecule has 0 amide bonds. The van der Waals surface area contributed by atoms with Crippen LogP contribution in [-0.2, 0) is 14.2 Å². The third kappa shape index (κ3) is 2.48. The first-order valence-electron chi connectivity index (χ1n) is 5.24. The van der Waals surface area contributed by atoms with Crippen molar-refractivity contribution in [3.63, 3.8) is 0 Å². The largest absolute Gasteiger partial charge is 0.376 e. The van der Waals surface area contributed by atoms with Crippen molar-refractivity contribution in [1.29, 1.82) is 0 Å². The number of halogens is 1. The summed E-state index contributed by atoms with van der Waals surface area (Å²) in [5.41, 5.74) is -0.160. The van der Waals surface area contributed by atoms with E-state index in [2.05, 4.69) is 15.9 Å². The van der Waals surface area contributed by atoms with Crippen LogP contribution in [0.2, 0.25) is 0 Å². The number of rotatable bonds is 1. The van der Waals surface area contributed by atoms with E-state index in [-0.39, 0.29) is 5.60 Å². The van der Waals surface area contributed by atoms with Crippen LogP contribution in [0, 0.1) is 0 Å². The van der Waals surface area contributed by atoms with Crippen LogP contribution in [0.15, 0.2) is 0 Å². The number of hydrogen-bond acceptors (Lipinski definition) is 3. The second-order valence-corrected chi connectivity index (χ2v) is 4.72. The highest BCUT2D eigenvalue weighted by atomic mass is 79.9. The molecule has 3 nitrogen and oxygen atoms in total. The molecule has 0 aromatic rings. The second-order valence-electron chi connectivity index (χ2n) is 4.07. The maximum Gasteiger partial charge on any atom is 0.115 e. The fraction of sp³-hybridized carbons (Fsp3) is 1.00. The fourth-order valence-corrected chi connectivity index (χ4v) is 2.58. The van der Waals surface area contributed by atoms with Gasteiger partial charge in [-0.3, -0.25) is 0 Å². The molecule has 2 heterocycles. The molecule has 0 aliphatic carbocycles. The Bertz CT molecular complexity index is 178. The Hall–Kier alpha value is 0.360. The van der Waals surface area contributed by atoms with Gasteiger partial charge in [-0.25, -0.2) is 0 Å². The summed E-state index contributed by atoms with van der Waals surface area (Å²) in [4.78, 5) is 0. The molecule has 1 spiro atoms. The molecule has 2 aliphatic rings. The van der Waals surface area contributed by atoms with Crippen molar-refractivity contribution < 1.29 is 14.2 Å². The highest BCUT2D eigenvalue weighted by Crippen LogP contribution is 2.31. The molecule has 1 unspecified atom stereocenters. The summed E-state index contributed by atoms with van der Waals surface area (Å²) < 4.78 is 17.1. The number of hydrogen-bond donors (Lipinski definition) is 0. The predicted molar refractivity (Wildman–Crippen MR) is 56.9 cm³/mol. The number of alkyl halides is 1. The molecule has 0 N–H and O–H groups in total. The lowest BCUT2D eigenvalue weighted by atomic mass is 9.93. The Balaban J connectivity index is 1.97. The molecule has 4 heteroatoms. The molecule has 14 heavy (non-hydrogen) atoms. The van der Waals surface area contributed by atoms with Crippen LogP contribution in [0.1, 0.15) is 19.3 Å². The normalized spacial score (nSPS) is 32.8. The van der Waals surface area contributed by atoms with Crippen LogP contribution in [0.4, 0.5) is 0 Å². The standard InChI is InChI=1S/C10H17BrO3/c11-6-9-2-1-3-10(14-9)7-12-4-5-13-8-10/h9H,1-8H2. The summed E-state index contributed by atoms with van der Waals surface area (Å²) in [6.07, 6.45) is 3.75. The van der Waals surface area contributed by atoms with Gasteiger partial charge in [0, 0.05) is 5.33 Å². The van der Waals surface area contributed by atoms with E-state index in [0.717, 1.165) is 18.2 Å². The fourth-order valence-electron chi connectivity index (χ4n) is 2.12. The lowest BCUT2D eigenvalue weighted by Crippen LogP contribution is -2.47. The van der Waals surface area contributed by atoms with Crippen molar-refractivity contribution in [2.24, 2.45) is 0 Å². The van der Waals surface area contributed by atoms with E-state index < -0.39 is 0 Å². The zero-order valence-electron chi connectivity index (χ0n) is 8.34. The van der Waals surface area contributed by atoms with Crippen LogP contribution >= 0.6 is 15.9 Å². The lowest BCUT2D eigenvalue weighted by molar-refractivity contribution is -0.161. The minimum atomic E-state index is -0.160. The third-order valence-corrected chi connectivity index (χ3v) is 3.57. The summed E-state index contributed by atoms with van der Waals surface area (Å²) in [6, 6.07) is 0. The van der Waals surface area contributed by atoms with Crippen LogP contribution in [-0.4, -0.2) is 43.5 Å². The minimum absolute atomic E-state index is 0.160. The van der Waals surface area contributed by atoms with Crippen molar-refractivity contribution >= 4 is 15.9 Å². The molecule has 82 valence electrons. The van der Waals surface area contributed by atoms with E-state index in [4.69, 9.17) is 14.2 Å². The van der Waals surface area contributed by atoms with E-state index in [9.17, 15) is 0 Å². The Labute approximate surface area is 93.2 Å². The first-order chi connectivity index (χ1) is 6.85. The van der Waals surface area contributed by atoms with E-state index in [1.807, 2.05) is 0 Å². The maximum atomic E-state index is 6.05. The van der Waals surface area contributed by atoms with Gasteiger partial charge in [-0.2, -0.15) is 0 Å². The average molecular weight is 265 g/mol. The van der Waals surface area contributed by atoms with E-state index in [1.54, 1.807) is 0 Å². The number of ether oxygens (including phenoxy) is 3. The maximum absolute atomic E-state index is 6.05. The zero-order valence-corrected chi connectivity index (χ0v) is 9.92. The first-order valence-corrected chi connectivity index (χ1v) is 6.36. The topological polar surface area (TPSA) is 27.7 Å². The molecule has 0 saturated carbocycles. The van der Waals surface area contributed by atoms with Crippen LogP contribution in [0.5, 0.6) is 0 Å². The SMILES string of the molecule is BrCC1CCCC2(COCCOC2)O1. The average Bonchev–Trinajstić information content (AvgIpc) is 2.44. The van der Waals surface area contributed by atoms with Gasteiger partial charge in [0.2, 0.25) is 0 Å². The monoisotopic (exact) mass is 264 g/mol. The van der Waals surface area contributed by atoms with E-state index in [0.29, 0.717) is 32.5 Å². The van der Waals surface area contributed by atoms with Gasteiger partial charge < -0.3 is 14.2 Å². The molecule has 0 aromatic heterocycles. The Morgan fingerprint density at radius 2 is 1.93 bits per heavy atom. The Morgan fingerprint density at radius 1 is 1.21 bits per heavy atom. The molecule has 0 radical (unpaired) electrons. The summed E-state index contributed by atoms with van der Waals surface area (Å²) in [5, 5.41) is 0.911. The molecule has 0 aromatic carbocycles. The van der Waals surface area contributed by atoms with Gasteiger partial charge in [0.25, 0.3) is 0 Å². The minimum Gasteiger partial charge on any atom is -0.376 e. The van der Waals surface area contributed by atoms with Gasteiger partial charge in [0.05, 0.1) is 32.5 Å². The molecule has 0 bridgehead atoms. The lowest BCUT2D eigenvalue weighted by Gasteiger charge is -2.39. The Morgan fingerprint density at radius 3 is 2.57 bits per heavy atom. The van der Waals surface area contributed by atoms with Crippen molar-refractivity contribution in [3.05, 3.63) is 0 Å². The van der Waals surface area contributed by atoms with Crippen molar-refractivity contribution in [3.8, 4) is 0 Å².